The Balaban J connectivity index is 0.00000324. The van der Waals surface area contributed by atoms with E-state index in [9.17, 15) is 13.0 Å². The molecule has 0 heterocycles. The summed E-state index contributed by atoms with van der Waals surface area (Å²) < 4.78 is 34.8. The second kappa shape index (κ2) is 10.3. The third-order valence-corrected chi connectivity index (χ3v) is 2.98. The predicted octanol–water partition coefficient (Wildman–Crippen LogP) is -2.25. The minimum Gasteiger partial charge on any atom is -0.714 e. The average molecular weight is 329 g/mol. The summed E-state index contributed by atoms with van der Waals surface area (Å²) >= 11 is 1.13. The summed E-state index contributed by atoms with van der Waals surface area (Å²) in [5.74, 6) is 0.341. The van der Waals surface area contributed by atoms with Crippen molar-refractivity contribution in [3.8, 4) is 0 Å². The molecule has 0 fully saturated rings. The van der Waals surface area contributed by atoms with Gasteiger partial charge in [-0.3, -0.25) is 4.28 Å². The molecular weight excluding hydrogens is 317 g/mol. The molecule has 100 valence electrons. The molecule has 0 saturated heterocycles. The molecule has 0 aromatic heterocycles. The van der Waals surface area contributed by atoms with E-state index in [2.05, 4.69) is 9.44 Å². The van der Waals surface area contributed by atoms with Crippen LogP contribution in [0.2, 0.25) is 0 Å². The molecular formula is C10H12KNO5S2. The van der Waals surface area contributed by atoms with Crippen molar-refractivity contribution in [1.82, 2.24) is 0 Å². The minimum atomic E-state index is -4.85. The Morgan fingerprint density at radius 1 is 1.37 bits per heavy atom. The third-order valence-electron chi connectivity index (χ3n) is 1.79. The van der Waals surface area contributed by atoms with E-state index in [0.717, 1.165) is 17.3 Å². The maximum Gasteiger partial charge on any atom is 1.00 e. The second-order valence-corrected chi connectivity index (χ2v) is 5.34. The zero-order chi connectivity index (χ0) is 13.4. The summed E-state index contributed by atoms with van der Waals surface area (Å²) in [5, 5.41) is 12.3. The van der Waals surface area contributed by atoms with Crippen molar-refractivity contribution in [3.63, 3.8) is 0 Å². The van der Waals surface area contributed by atoms with Crippen molar-refractivity contribution in [2.24, 2.45) is 5.16 Å². The van der Waals surface area contributed by atoms with Crippen LogP contribution in [-0.2, 0) is 21.1 Å². The Morgan fingerprint density at radius 2 is 2.00 bits per heavy atom. The van der Waals surface area contributed by atoms with Crippen LogP contribution in [0.4, 0.5) is 0 Å². The number of oxime groups is 1. The van der Waals surface area contributed by atoms with E-state index in [1.165, 1.54) is 0 Å². The molecule has 0 amide bonds. The first-order chi connectivity index (χ1) is 8.51. The minimum absolute atomic E-state index is 0. The molecule has 0 aliphatic carbocycles. The maximum absolute atomic E-state index is 10.3. The monoisotopic (exact) mass is 329 g/mol. The van der Waals surface area contributed by atoms with Gasteiger partial charge in [-0.05, 0) is 5.56 Å². The number of benzene rings is 1. The van der Waals surface area contributed by atoms with Crippen molar-refractivity contribution in [2.45, 2.75) is 6.42 Å². The molecule has 9 heteroatoms. The van der Waals surface area contributed by atoms with Gasteiger partial charge in [-0.25, -0.2) is 0 Å². The molecule has 1 rings (SSSR count). The fraction of sp³-hybridized carbons (Fsp3) is 0.300. The fourth-order valence-corrected chi connectivity index (χ4v) is 2.04. The quantitative estimate of drug-likeness (QED) is 0.158. The van der Waals surface area contributed by atoms with Gasteiger partial charge in [0.25, 0.3) is 10.4 Å². The van der Waals surface area contributed by atoms with E-state index < -0.39 is 10.4 Å². The number of hydrogen-bond acceptors (Lipinski definition) is 7. The van der Waals surface area contributed by atoms with Gasteiger partial charge in [0, 0.05) is 12.2 Å². The van der Waals surface area contributed by atoms with Crippen LogP contribution in [0.15, 0.2) is 35.5 Å². The van der Waals surface area contributed by atoms with Crippen LogP contribution in [0.1, 0.15) is 5.56 Å². The van der Waals surface area contributed by atoms with Crippen LogP contribution < -0.4 is 51.4 Å². The second-order valence-electron chi connectivity index (χ2n) is 3.20. The number of aliphatic hydroxyl groups excluding tert-OH is 1. The summed E-state index contributed by atoms with van der Waals surface area (Å²) in [6.07, 6.45) is 0.334. The Bertz CT molecular complexity index is 492. The Kier molecular flexibility index (Phi) is 10.6. The molecule has 0 aliphatic rings. The van der Waals surface area contributed by atoms with Gasteiger partial charge >= 0.3 is 51.4 Å². The van der Waals surface area contributed by atoms with Gasteiger partial charge in [0.05, 0.1) is 6.61 Å². The Hall–Kier alpha value is 0.546. The number of aliphatic hydroxyl groups is 1. The Morgan fingerprint density at radius 3 is 2.53 bits per heavy atom. The molecule has 19 heavy (non-hydrogen) atoms. The molecule has 1 aromatic rings. The van der Waals surface area contributed by atoms with Crippen LogP contribution in [0, 0.1) is 0 Å². The molecule has 1 aromatic carbocycles. The first-order valence-electron chi connectivity index (χ1n) is 5.00. The molecule has 0 atom stereocenters. The number of nitrogens with zero attached hydrogens (tertiary/aromatic N) is 1. The van der Waals surface area contributed by atoms with Crippen LogP contribution in [0.25, 0.3) is 0 Å². The van der Waals surface area contributed by atoms with Gasteiger partial charge in [-0.15, -0.1) is 11.8 Å². The molecule has 0 radical (unpaired) electrons. The van der Waals surface area contributed by atoms with Crippen molar-refractivity contribution in [3.05, 3.63) is 35.9 Å². The van der Waals surface area contributed by atoms with Crippen LogP contribution in [0.5, 0.6) is 0 Å². The van der Waals surface area contributed by atoms with Crippen LogP contribution >= 0.6 is 11.8 Å². The first-order valence-corrected chi connectivity index (χ1v) is 7.32. The van der Waals surface area contributed by atoms with Gasteiger partial charge in [0.2, 0.25) is 0 Å². The summed E-state index contributed by atoms with van der Waals surface area (Å²) in [6, 6.07) is 9.17. The summed E-state index contributed by atoms with van der Waals surface area (Å²) in [5.41, 5.74) is 0.897. The SMILES string of the molecule is O=S(=O)([O-])O/N=C(\Cc1ccccc1)SCCO.[K+]. The number of rotatable bonds is 6. The predicted molar refractivity (Wildman–Crippen MR) is 67.9 cm³/mol. The van der Waals surface area contributed by atoms with Gasteiger partial charge in [0.15, 0.2) is 0 Å². The fourth-order valence-electron chi connectivity index (χ4n) is 1.13. The molecule has 0 saturated carbocycles. The van der Waals surface area contributed by atoms with E-state index in [1.807, 2.05) is 30.3 Å². The average Bonchev–Trinajstić information content (AvgIpc) is 2.33. The van der Waals surface area contributed by atoms with Crippen molar-refractivity contribution >= 4 is 27.2 Å². The third kappa shape index (κ3) is 9.99. The molecule has 6 nitrogen and oxygen atoms in total. The van der Waals surface area contributed by atoms with Crippen molar-refractivity contribution in [2.75, 3.05) is 12.4 Å². The van der Waals surface area contributed by atoms with Gasteiger partial charge < -0.3 is 9.66 Å². The van der Waals surface area contributed by atoms with Gasteiger partial charge in [-0.2, -0.15) is 8.42 Å². The standard InChI is InChI=1S/C10H13NO5S2.K/c12-6-7-17-10(11-16-18(13,14)15)8-9-4-2-1-3-5-9;/h1-5,12H,6-8H2,(H,13,14,15);/q;+1/p-1/b11-10+;. The molecule has 0 unspecified atom stereocenters. The normalized spacial score (nSPS) is 11.8. The van der Waals surface area contributed by atoms with Crippen LogP contribution in [-0.4, -0.2) is 35.5 Å². The zero-order valence-corrected chi connectivity index (χ0v) is 15.1. The van der Waals surface area contributed by atoms with Gasteiger partial charge in [-0.1, -0.05) is 35.5 Å². The summed E-state index contributed by atoms with van der Waals surface area (Å²) in [7, 11) is -4.85. The number of thioether (sulfide) groups is 1. The Labute approximate surface area is 159 Å². The van der Waals surface area contributed by atoms with E-state index in [0.29, 0.717) is 17.2 Å². The largest absolute Gasteiger partial charge is 1.00 e. The molecule has 0 bridgehead atoms. The molecule has 1 N–H and O–H groups in total. The molecule has 0 aliphatic heterocycles. The first kappa shape index (κ1) is 19.5. The summed E-state index contributed by atoms with van der Waals surface area (Å²) in [4.78, 5) is 0. The van der Waals surface area contributed by atoms with Gasteiger partial charge in [0.1, 0.15) is 5.04 Å². The smallest absolute Gasteiger partial charge is 0.714 e. The summed E-state index contributed by atoms with van der Waals surface area (Å²) in [6.45, 7) is -0.0808. The number of hydrogen-bond donors (Lipinski definition) is 1. The zero-order valence-electron chi connectivity index (χ0n) is 10.4. The van der Waals surface area contributed by atoms with E-state index >= 15 is 0 Å². The topological polar surface area (TPSA) is 99.0 Å². The molecule has 0 spiro atoms. The van der Waals surface area contributed by atoms with E-state index in [1.54, 1.807) is 0 Å². The van der Waals surface area contributed by atoms with Crippen molar-refractivity contribution < 1.29 is 73.7 Å². The van der Waals surface area contributed by atoms with Crippen LogP contribution in [0.3, 0.4) is 0 Å². The maximum atomic E-state index is 10.3. The van der Waals surface area contributed by atoms with E-state index in [4.69, 9.17) is 5.11 Å². The van der Waals surface area contributed by atoms with E-state index in [-0.39, 0.29) is 58.0 Å². The van der Waals surface area contributed by atoms with Crippen molar-refractivity contribution in [1.29, 1.82) is 0 Å².